The molecule has 0 N–H and O–H groups in total. The van der Waals surface area contributed by atoms with Crippen LogP contribution in [0.5, 0.6) is 0 Å². The minimum Gasteiger partial charge on any atom is -0.253 e. The summed E-state index contributed by atoms with van der Waals surface area (Å²) >= 11 is 2.31. The lowest BCUT2D eigenvalue weighted by Gasteiger charge is -2.05. The maximum absolute atomic E-state index is 13.1. The maximum atomic E-state index is 13.1. The highest BCUT2D eigenvalue weighted by Gasteiger charge is 2.03. The van der Waals surface area contributed by atoms with Gasteiger partial charge < -0.3 is 0 Å². The van der Waals surface area contributed by atoms with Gasteiger partial charge in [-0.3, -0.25) is 4.98 Å². The molecule has 16 heavy (non-hydrogen) atoms. The fourth-order valence-electron chi connectivity index (χ4n) is 1.54. The number of nitrogens with zero attached hydrogens (tertiary/aromatic N) is 1. The van der Waals surface area contributed by atoms with Gasteiger partial charge in [0.2, 0.25) is 0 Å². The summed E-state index contributed by atoms with van der Waals surface area (Å²) in [5.41, 5.74) is 3.88. The lowest BCUT2D eigenvalue weighted by atomic mass is 10.1. The summed E-state index contributed by atoms with van der Waals surface area (Å²) < 4.78 is 14.0. The Morgan fingerprint density at radius 3 is 2.69 bits per heavy atom. The number of benzene rings is 1. The zero-order valence-electron chi connectivity index (χ0n) is 8.87. The second kappa shape index (κ2) is 4.91. The zero-order chi connectivity index (χ0) is 11.5. The van der Waals surface area contributed by atoms with E-state index in [9.17, 15) is 4.39 Å². The molecular weight excluding hydrogens is 316 g/mol. The van der Waals surface area contributed by atoms with Crippen LogP contribution >= 0.6 is 22.6 Å². The van der Waals surface area contributed by atoms with E-state index in [1.54, 1.807) is 6.07 Å². The number of halogens is 2. The Balaban J connectivity index is 2.45. The number of hydrogen-bond acceptors (Lipinski definition) is 1. The van der Waals surface area contributed by atoms with E-state index >= 15 is 0 Å². The minimum absolute atomic E-state index is 0.227. The second-order valence-corrected chi connectivity index (χ2v) is 4.35. The third-order valence-electron chi connectivity index (χ3n) is 2.46. The molecule has 0 radical (unpaired) electrons. The molecule has 2 rings (SSSR count). The number of aromatic nitrogens is 1. The molecule has 0 amide bonds. The van der Waals surface area contributed by atoms with Gasteiger partial charge in [-0.2, -0.15) is 0 Å². The van der Waals surface area contributed by atoms with Crippen molar-refractivity contribution in [3.05, 3.63) is 53.5 Å². The van der Waals surface area contributed by atoms with E-state index in [4.69, 9.17) is 0 Å². The highest BCUT2D eigenvalue weighted by Crippen LogP contribution is 2.20. The molecule has 0 spiro atoms. The van der Waals surface area contributed by atoms with Crippen LogP contribution in [0, 0.1) is 12.7 Å². The van der Waals surface area contributed by atoms with Crippen LogP contribution in [0.2, 0.25) is 0 Å². The first-order valence-corrected chi connectivity index (χ1v) is 6.51. The van der Waals surface area contributed by atoms with Crippen molar-refractivity contribution in [1.82, 2.24) is 4.98 Å². The predicted molar refractivity (Wildman–Crippen MR) is 72.1 cm³/mol. The Bertz CT molecular complexity index is 511. The van der Waals surface area contributed by atoms with Crippen molar-refractivity contribution in [3.8, 4) is 11.3 Å². The Kier molecular flexibility index (Phi) is 3.53. The number of pyridine rings is 1. The SMILES string of the molecule is Cc1nc(-c2cccc(F)c2)ccc1CI. The van der Waals surface area contributed by atoms with E-state index in [0.717, 1.165) is 21.4 Å². The third kappa shape index (κ3) is 2.40. The third-order valence-corrected chi connectivity index (χ3v) is 3.28. The van der Waals surface area contributed by atoms with Gasteiger partial charge in [-0.1, -0.05) is 40.8 Å². The first kappa shape index (κ1) is 11.5. The largest absolute Gasteiger partial charge is 0.253 e. The van der Waals surface area contributed by atoms with Crippen molar-refractivity contribution in [2.75, 3.05) is 0 Å². The normalized spacial score (nSPS) is 10.4. The molecular formula is C13H11FIN. The molecule has 0 aliphatic carbocycles. The first-order chi connectivity index (χ1) is 7.70. The molecule has 2 aromatic rings. The summed E-state index contributed by atoms with van der Waals surface area (Å²) in [6.45, 7) is 1.98. The number of hydrogen-bond donors (Lipinski definition) is 0. The van der Waals surface area contributed by atoms with Crippen LogP contribution in [-0.2, 0) is 4.43 Å². The molecule has 0 atom stereocenters. The molecule has 1 aromatic heterocycles. The highest BCUT2D eigenvalue weighted by atomic mass is 127. The molecule has 3 heteroatoms. The molecule has 0 fully saturated rings. The summed E-state index contributed by atoms with van der Waals surface area (Å²) in [5.74, 6) is -0.227. The average Bonchev–Trinajstić information content (AvgIpc) is 2.29. The van der Waals surface area contributed by atoms with Crippen LogP contribution < -0.4 is 0 Å². The Hall–Kier alpha value is -0.970. The molecule has 0 unspecified atom stereocenters. The van der Waals surface area contributed by atoms with Crippen LogP contribution in [0.25, 0.3) is 11.3 Å². The average molecular weight is 327 g/mol. The smallest absolute Gasteiger partial charge is 0.123 e. The Morgan fingerprint density at radius 1 is 1.25 bits per heavy atom. The zero-order valence-corrected chi connectivity index (χ0v) is 11.0. The summed E-state index contributed by atoms with van der Waals surface area (Å²) in [7, 11) is 0. The van der Waals surface area contributed by atoms with E-state index in [2.05, 4.69) is 33.6 Å². The van der Waals surface area contributed by atoms with Crippen molar-refractivity contribution in [1.29, 1.82) is 0 Å². The van der Waals surface area contributed by atoms with Gasteiger partial charge >= 0.3 is 0 Å². The van der Waals surface area contributed by atoms with Gasteiger partial charge in [-0.15, -0.1) is 0 Å². The second-order valence-electron chi connectivity index (χ2n) is 3.59. The summed E-state index contributed by atoms with van der Waals surface area (Å²) in [6, 6.07) is 10.5. The standard InChI is InChI=1S/C13H11FIN/c1-9-11(8-15)5-6-13(16-9)10-3-2-4-12(14)7-10/h2-7H,8H2,1H3. The van der Waals surface area contributed by atoms with E-state index in [1.165, 1.54) is 17.7 Å². The minimum atomic E-state index is -0.227. The molecule has 1 heterocycles. The topological polar surface area (TPSA) is 12.9 Å². The predicted octanol–water partition coefficient (Wildman–Crippen LogP) is 4.13. The summed E-state index contributed by atoms with van der Waals surface area (Å²) in [4.78, 5) is 4.48. The maximum Gasteiger partial charge on any atom is 0.123 e. The van der Waals surface area contributed by atoms with E-state index in [-0.39, 0.29) is 5.82 Å². The van der Waals surface area contributed by atoms with Crippen LogP contribution in [0.3, 0.4) is 0 Å². The van der Waals surface area contributed by atoms with Crippen molar-refractivity contribution in [2.45, 2.75) is 11.4 Å². The summed E-state index contributed by atoms with van der Waals surface area (Å²) in [5, 5.41) is 0. The van der Waals surface area contributed by atoms with Gasteiger partial charge in [-0.05, 0) is 30.7 Å². The van der Waals surface area contributed by atoms with E-state index in [0.29, 0.717) is 0 Å². The van der Waals surface area contributed by atoms with Gasteiger partial charge in [0, 0.05) is 15.7 Å². The quantitative estimate of drug-likeness (QED) is 0.597. The first-order valence-electron chi connectivity index (χ1n) is 4.99. The molecule has 0 saturated carbocycles. The fraction of sp³-hybridized carbons (Fsp3) is 0.154. The molecule has 0 aliphatic heterocycles. The van der Waals surface area contributed by atoms with Crippen molar-refractivity contribution < 1.29 is 4.39 Å². The Morgan fingerprint density at radius 2 is 2.06 bits per heavy atom. The molecule has 1 aromatic carbocycles. The Labute approximate surface area is 108 Å². The van der Waals surface area contributed by atoms with Gasteiger partial charge in [-0.25, -0.2) is 4.39 Å². The molecule has 0 aliphatic rings. The van der Waals surface area contributed by atoms with Gasteiger partial charge in [0.05, 0.1) is 5.69 Å². The van der Waals surface area contributed by atoms with Crippen molar-refractivity contribution in [2.24, 2.45) is 0 Å². The lowest BCUT2D eigenvalue weighted by molar-refractivity contribution is 0.628. The van der Waals surface area contributed by atoms with Crippen LogP contribution in [-0.4, -0.2) is 4.98 Å². The van der Waals surface area contributed by atoms with Crippen molar-refractivity contribution in [3.63, 3.8) is 0 Å². The summed E-state index contributed by atoms with van der Waals surface area (Å²) in [6.07, 6.45) is 0. The van der Waals surface area contributed by atoms with Gasteiger partial charge in [0.1, 0.15) is 5.82 Å². The van der Waals surface area contributed by atoms with Crippen LogP contribution in [0.4, 0.5) is 4.39 Å². The van der Waals surface area contributed by atoms with Crippen molar-refractivity contribution >= 4 is 22.6 Å². The van der Waals surface area contributed by atoms with E-state index in [1.807, 2.05) is 19.1 Å². The lowest BCUT2D eigenvalue weighted by Crippen LogP contribution is -1.92. The monoisotopic (exact) mass is 327 g/mol. The number of rotatable bonds is 2. The molecule has 82 valence electrons. The van der Waals surface area contributed by atoms with Crippen LogP contribution in [0.1, 0.15) is 11.3 Å². The highest BCUT2D eigenvalue weighted by molar-refractivity contribution is 14.1. The fourth-order valence-corrected chi connectivity index (χ4v) is 2.35. The molecule has 1 nitrogen and oxygen atoms in total. The molecule has 0 saturated heterocycles. The van der Waals surface area contributed by atoms with Crippen LogP contribution in [0.15, 0.2) is 36.4 Å². The van der Waals surface area contributed by atoms with Gasteiger partial charge in [0.15, 0.2) is 0 Å². The van der Waals surface area contributed by atoms with E-state index < -0.39 is 0 Å². The van der Waals surface area contributed by atoms with Gasteiger partial charge in [0.25, 0.3) is 0 Å². The number of alkyl halides is 1. The molecule has 0 bridgehead atoms. The number of aryl methyl sites for hydroxylation is 1.